The van der Waals surface area contributed by atoms with Crippen molar-refractivity contribution < 1.29 is 28.7 Å². The van der Waals surface area contributed by atoms with Gasteiger partial charge in [0.2, 0.25) is 23.6 Å². The maximum atomic E-state index is 13.5. The molecule has 2 aliphatic heterocycles. The van der Waals surface area contributed by atoms with Crippen LogP contribution in [0.5, 0.6) is 5.75 Å². The van der Waals surface area contributed by atoms with Gasteiger partial charge in [0.15, 0.2) is 0 Å². The zero-order valence-corrected chi connectivity index (χ0v) is 23.9. The summed E-state index contributed by atoms with van der Waals surface area (Å²) < 4.78 is 5.59. The Kier molecular flexibility index (Phi) is 6.15. The Bertz CT molecular complexity index is 1720. The maximum absolute atomic E-state index is 13.5. The van der Waals surface area contributed by atoms with Crippen molar-refractivity contribution in [2.75, 3.05) is 9.80 Å². The van der Waals surface area contributed by atoms with Crippen LogP contribution in [-0.4, -0.2) is 29.6 Å². The lowest BCUT2D eigenvalue weighted by atomic mass is 9.73. The highest BCUT2D eigenvalue weighted by Crippen LogP contribution is 2.53. The Hall–Kier alpha value is -4.85. The average molecular weight is 587 g/mol. The van der Waals surface area contributed by atoms with E-state index in [1.807, 2.05) is 18.2 Å². The van der Waals surface area contributed by atoms with Gasteiger partial charge in [-0.05, 0) is 91.5 Å². The van der Waals surface area contributed by atoms with Gasteiger partial charge in [-0.25, -0.2) is 4.79 Å². The van der Waals surface area contributed by atoms with E-state index in [0.29, 0.717) is 24.2 Å². The van der Waals surface area contributed by atoms with Crippen molar-refractivity contribution in [1.29, 1.82) is 0 Å². The lowest BCUT2D eigenvalue weighted by molar-refractivity contribution is -0.124. The molecule has 3 aliphatic carbocycles. The summed E-state index contributed by atoms with van der Waals surface area (Å²) in [5, 5.41) is 0. The number of carbonyl (C=O) groups is 5. The SMILES string of the molecule is O=C(Oc1ccc(N2C(=O)[C@@H]3[C@@H](C2=O)[C@H]2C=C[C@@H]3C2)cc1)c1cccc(N2C(=O)[C@H]3C[C@H](c4ccccc4)CC[C@H]3C2=O)c1. The van der Waals surface area contributed by atoms with E-state index in [-0.39, 0.29) is 76.4 Å². The quantitative estimate of drug-likeness (QED) is 0.174. The van der Waals surface area contributed by atoms with Gasteiger partial charge in [-0.1, -0.05) is 48.6 Å². The number of fused-ring (bicyclic) bond motifs is 6. The molecule has 8 nitrogen and oxygen atoms in total. The van der Waals surface area contributed by atoms with E-state index >= 15 is 0 Å². The monoisotopic (exact) mass is 586 g/mol. The molecule has 5 aliphatic rings. The number of amides is 4. The first-order chi connectivity index (χ1) is 21.4. The van der Waals surface area contributed by atoms with Crippen LogP contribution in [0.15, 0.2) is 91.0 Å². The van der Waals surface area contributed by atoms with Crippen molar-refractivity contribution >= 4 is 41.0 Å². The molecule has 44 heavy (non-hydrogen) atoms. The smallest absolute Gasteiger partial charge is 0.343 e. The first-order valence-electron chi connectivity index (χ1n) is 15.3. The molecule has 0 radical (unpaired) electrons. The molecule has 2 saturated carbocycles. The minimum Gasteiger partial charge on any atom is -0.423 e. The number of benzene rings is 3. The number of hydrogen-bond acceptors (Lipinski definition) is 6. The molecule has 2 saturated heterocycles. The largest absolute Gasteiger partial charge is 0.423 e. The number of imide groups is 2. The molecule has 4 fully saturated rings. The second-order valence-corrected chi connectivity index (χ2v) is 12.6. The zero-order chi connectivity index (χ0) is 30.1. The molecular formula is C36H30N2O6. The van der Waals surface area contributed by atoms with Crippen LogP contribution in [0, 0.1) is 35.5 Å². The minimum atomic E-state index is -0.647. The summed E-state index contributed by atoms with van der Waals surface area (Å²) in [5.74, 6) is -1.98. The molecule has 220 valence electrons. The van der Waals surface area contributed by atoms with Crippen molar-refractivity contribution in [2.45, 2.75) is 31.6 Å². The van der Waals surface area contributed by atoms with E-state index in [4.69, 9.17) is 4.74 Å². The van der Waals surface area contributed by atoms with E-state index in [1.165, 1.54) is 21.4 Å². The number of allylic oxidation sites excluding steroid dienone is 2. The van der Waals surface area contributed by atoms with E-state index in [0.717, 1.165) is 12.8 Å². The molecule has 0 aromatic heterocycles. The fraction of sp³-hybridized carbons (Fsp3) is 0.306. The fourth-order valence-corrected chi connectivity index (χ4v) is 8.22. The predicted octanol–water partition coefficient (Wildman–Crippen LogP) is 5.29. The molecule has 7 atom stereocenters. The van der Waals surface area contributed by atoms with Crippen molar-refractivity contribution in [3.05, 3.63) is 102 Å². The first kappa shape index (κ1) is 26.8. The van der Waals surface area contributed by atoms with Crippen molar-refractivity contribution in [2.24, 2.45) is 35.5 Å². The second-order valence-electron chi connectivity index (χ2n) is 12.6. The fourth-order valence-electron chi connectivity index (χ4n) is 8.22. The van der Waals surface area contributed by atoms with Gasteiger partial charge in [-0.2, -0.15) is 0 Å². The number of nitrogens with zero attached hydrogens (tertiary/aromatic N) is 2. The lowest BCUT2D eigenvalue weighted by Crippen LogP contribution is -2.32. The summed E-state index contributed by atoms with van der Waals surface area (Å²) in [6, 6.07) is 22.8. The minimum absolute atomic E-state index is 0.129. The summed E-state index contributed by atoms with van der Waals surface area (Å²) in [6.45, 7) is 0. The predicted molar refractivity (Wildman–Crippen MR) is 161 cm³/mol. The molecule has 0 unspecified atom stereocenters. The van der Waals surface area contributed by atoms with Gasteiger partial charge in [0.25, 0.3) is 0 Å². The number of esters is 1. The van der Waals surface area contributed by atoms with E-state index in [9.17, 15) is 24.0 Å². The van der Waals surface area contributed by atoms with Crippen molar-refractivity contribution in [1.82, 2.24) is 0 Å². The Morgan fingerprint density at radius 2 is 1.30 bits per heavy atom. The average Bonchev–Trinajstić information content (AvgIpc) is 3.80. The van der Waals surface area contributed by atoms with Crippen molar-refractivity contribution in [3.8, 4) is 5.75 Å². The molecule has 8 heteroatoms. The van der Waals surface area contributed by atoms with Crippen LogP contribution >= 0.6 is 0 Å². The summed E-state index contributed by atoms with van der Waals surface area (Å²) >= 11 is 0. The molecule has 4 amide bonds. The Morgan fingerprint density at radius 3 is 2.00 bits per heavy atom. The number of rotatable bonds is 5. The third-order valence-corrected chi connectivity index (χ3v) is 10.3. The molecule has 2 heterocycles. The molecule has 2 bridgehead atoms. The number of ether oxygens (including phenoxy) is 1. The van der Waals surface area contributed by atoms with E-state index < -0.39 is 5.97 Å². The van der Waals surface area contributed by atoms with E-state index in [1.54, 1.807) is 42.5 Å². The zero-order valence-electron chi connectivity index (χ0n) is 23.9. The molecule has 3 aromatic rings. The summed E-state index contributed by atoms with van der Waals surface area (Å²) in [4.78, 5) is 68.8. The highest BCUT2D eigenvalue weighted by atomic mass is 16.5. The van der Waals surface area contributed by atoms with Crippen LogP contribution in [0.1, 0.15) is 47.5 Å². The summed E-state index contributed by atoms with van der Waals surface area (Å²) in [5.41, 5.74) is 2.20. The van der Waals surface area contributed by atoms with Crippen LogP contribution < -0.4 is 14.5 Å². The van der Waals surface area contributed by atoms with Gasteiger partial charge in [-0.3, -0.25) is 29.0 Å². The third-order valence-electron chi connectivity index (χ3n) is 10.3. The second kappa shape index (κ2) is 10.1. The Labute approximate surface area is 254 Å². The highest BCUT2D eigenvalue weighted by Gasteiger charge is 2.59. The van der Waals surface area contributed by atoms with Gasteiger partial charge in [0, 0.05) is 0 Å². The van der Waals surface area contributed by atoms with E-state index in [2.05, 4.69) is 24.3 Å². The normalized spacial score (nSPS) is 30.2. The Balaban J connectivity index is 0.959. The van der Waals surface area contributed by atoms with Crippen LogP contribution in [-0.2, 0) is 19.2 Å². The lowest BCUT2D eigenvalue weighted by Gasteiger charge is -2.28. The van der Waals surface area contributed by atoms with Gasteiger partial charge in [0.05, 0.1) is 40.6 Å². The van der Waals surface area contributed by atoms with Crippen LogP contribution in [0.25, 0.3) is 0 Å². The van der Waals surface area contributed by atoms with Crippen LogP contribution in [0.3, 0.4) is 0 Å². The molecule has 0 N–H and O–H groups in total. The number of carbonyl (C=O) groups excluding carboxylic acids is 5. The number of anilines is 2. The molecule has 3 aromatic carbocycles. The van der Waals surface area contributed by atoms with Gasteiger partial charge in [-0.15, -0.1) is 0 Å². The summed E-state index contributed by atoms with van der Waals surface area (Å²) in [6.07, 6.45) is 7.11. The maximum Gasteiger partial charge on any atom is 0.343 e. The van der Waals surface area contributed by atoms with Crippen molar-refractivity contribution in [3.63, 3.8) is 0 Å². The molecule has 8 rings (SSSR count). The van der Waals surface area contributed by atoms with Crippen LogP contribution in [0.2, 0.25) is 0 Å². The van der Waals surface area contributed by atoms with Gasteiger partial charge >= 0.3 is 5.97 Å². The standard InChI is InChI=1S/C36H30N2O6/c39-32-28-16-11-21(20-5-2-1-3-6-20)19-29(28)33(40)38(32)26-8-4-7-24(18-26)36(43)44-27-14-12-25(13-15-27)37-34(41)30-22-9-10-23(17-22)31(30)35(37)42/h1-10,12-15,18,21-23,28-31H,11,16-17,19H2/t21-,22-,23+,28-,29+,30+,31+/m1/s1. The van der Waals surface area contributed by atoms with Crippen LogP contribution in [0.4, 0.5) is 11.4 Å². The third kappa shape index (κ3) is 4.08. The number of hydrogen-bond donors (Lipinski definition) is 0. The molecule has 0 spiro atoms. The topological polar surface area (TPSA) is 101 Å². The summed E-state index contributed by atoms with van der Waals surface area (Å²) in [7, 11) is 0. The highest BCUT2D eigenvalue weighted by molar-refractivity contribution is 6.23. The van der Waals surface area contributed by atoms with Gasteiger partial charge in [0.1, 0.15) is 5.75 Å². The Morgan fingerprint density at radius 1 is 0.636 bits per heavy atom. The molecular weight excluding hydrogens is 556 g/mol. The van der Waals surface area contributed by atoms with Gasteiger partial charge < -0.3 is 4.74 Å². The first-order valence-corrected chi connectivity index (χ1v) is 15.3.